The molecular formula is C36H28O23. The number of ketones is 1. The van der Waals surface area contributed by atoms with Gasteiger partial charge in [-0.1, -0.05) is 0 Å². The maximum Gasteiger partial charge on any atom is 0.347 e. The first-order valence-corrected chi connectivity index (χ1v) is 16.9. The second kappa shape index (κ2) is 13.6. The third kappa shape index (κ3) is 5.53. The number of aliphatic hydroxyl groups is 3. The molecule has 0 amide bonds. The highest BCUT2D eigenvalue weighted by Crippen LogP contribution is 2.57. The molecule has 7 atom stereocenters. The van der Waals surface area contributed by atoms with Crippen molar-refractivity contribution < 1.29 is 114 Å². The number of benzene rings is 3. The molecule has 5 aliphatic rings. The van der Waals surface area contributed by atoms with Gasteiger partial charge in [0.15, 0.2) is 52.8 Å². The lowest BCUT2D eigenvalue weighted by atomic mass is 9.77. The monoisotopic (exact) mass is 828 g/mol. The molecule has 7 unspecified atom stereocenters. The van der Waals surface area contributed by atoms with E-state index in [1.807, 2.05) is 0 Å². The van der Waals surface area contributed by atoms with Crippen LogP contribution in [-0.4, -0.2) is 146 Å². The zero-order valence-electron chi connectivity index (χ0n) is 29.5. The van der Waals surface area contributed by atoms with Crippen molar-refractivity contribution in [1.29, 1.82) is 0 Å². The number of carbonyl (C=O) groups is 6. The van der Waals surface area contributed by atoms with Crippen molar-refractivity contribution in [2.45, 2.75) is 49.0 Å². The van der Waals surface area contributed by atoms with Gasteiger partial charge >= 0.3 is 29.8 Å². The molecule has 23 heteroatoms. The summed E-state index contributed by atoms with van der Waals surface area (Å²) in [6, 6.07) is 1.27. The van der Waals surface area contributed by atoms with Crippen molar-refractivity contribution in [3.63, 3.8) is 0 Å². The molecule has 59 heavy (non-hydrogen) atoms. The summed E-state index contributed by atoms with van der Waals surface area (Å²) in [7, 11) is 0. The first-order valence-electron chi connectivity index (χ1n) is 16.9. The zero-order valence-corrected chi connectivity index (χ0v) is 29.5. The van der Waals surface area contributed by atoms with Crippen LogP contribution in [0, 0.1) is 0 Å². The van der Waals surface area contributed by atoms with Crippen molar-refractivity contribution >= 4 is 35.6 Å². The average Bonchev–Trinajstić information content (AvgIpc) is 3.42. The second-order valence-electron chi connectivity index (χ2n) is 13.4. The Bertz CT molecular complexity index is 2480. The van der Waals surface area contributed by atoms with Gasteiger partial charge in [0.2, 0.25) is 28.6 Å². The van der Waals surface area contributed by atoms with E-state index in [9.17, 15) is 90.0 Å². The molecule has 0 fully saturated rings. The van der Waals surface area contributed by atoms with E-state index in [2.05, 4.69) is 0 Å². The molecular weight excluding hydrogens is 800 g/mol. The van der Waals surface area contributed by atoms with Crippen LogP contribution in [0.4, 0.5) is 0 Å². The molecule has 310 valence electrons. The Morgan fingerprint density at radius 2 is 1.12 bits per heavy atom. The molecule has 23 nitrogen and oxygen atoms in total. The molecule has 1 aliphatic carbocycles. The summed E-state index contributed by atoms with van der Waals surface area (Å²) in [5.74, 6) is -25.2. The van der Waals surface area contributed by atoms with Crippen LogP contribution in [0.2, 0.25) is 0 Å². The van der Waals surface area contributed by atoms with E-state index in [1.165, 1.54) is 6.92 Å². The molecule has 0 spiro atoms. The number of hydrogen-bond donors (Lipinski definition) is 12. The van der Waals surface area contributed by atoms with Crippen LogP contribution >= 0.6 is 0 Å². The molecule has 0 aromatic heterocycles. The number of phenolic OH excluding ortho intramolecular Hbond substituents is 9. The van der Waals surface area contributed by atoms with Gasteiger partial charge in [0.25, 0.3) is 0 Å². The van der Waals surface area contributed by atoms with Crippen LogP contribution < -0.4 is 0 Å². The van der Waals surface area contributed by atoms with E-state index in [0.717, 1.165) is 0 Å². The van der Waals surface area contributed by atoms with Crippen molar-refractivity contribution in [1.82, 2.24) is 0 Å². The number of hydrogen-bond acceptors (Lipinski definition) is 23. The number of fused-ring (bicyclic) bond motifs is 6. The number of Topliss-reactive ketones (excluding diaryl/α,β-unsaturated/α-hetero) is 1. The fraction of sp³-hybridized carbons (Fsp3) is 0.278. The van der Waals surface area contributed by atoms with E-state index in [1.54, 1.807) is 0 Å². The minimum absolute atomic E-state index is 0.389. The van der Waals surface area contributed by atoms with Gasteiger partial charge in [-0.05, 0) is 25.1 Å². The van der Waals surface area contributed by atoms with E-state index >= 15 is 0 Å². The average molecular weight is 829 g/mol. The lowest BCUT2D eigenvalue weighted by Crippen LogP contribution is -2.57. The second-order valence-corrected chi connectivity index (χ2v) is 13.4. The summed E-state index contributed by atoms with van der Waals surface area (Å²) >= 11 is 0. The third-order valence-corrected chi connectivity index (χ3v) is 10.1. The van der Waals surface area contributed by atoms with Gasteiger partial charge < -0.3 is 85.0 Å². The van der Waals surface area contributed by atoms with E-state index in [4.69, 9.17) is 23.7 Å². The number of aliphatic hydroxyl groups excluding tert-OH is 2. The molecule has 0 radical (unpaired) electrons. The van der Waals surface area contributed by atoms with Crippen LogP contribution in [0.5, 0.6) is 51.7 Å². The number of esters is 5. The molecule has 8 rings (SSSR count). The van der Waals surface area contributed by atoms with Gasteiger partial charge in [-0.2, -0.15) is 0 Å². The molecule has 12 N–H and O–H groups in total. The van der Waals surface area contributed by atoms with Gasteiger partial charge in [-0.25, -0.2) is 24.0 Å². The molecule has 3 aromatic rings. The largest absolute Gasteiger partial charge is 0.504 e. The van der Waals surface area contributed by atoms with Crippen LogP contribution in [0.1, 0.15) is 49.5 Å². The maximum atomic E-state index is 14.1. The Morgan fingerprint density at radius 3 is 1.68 bits per heavy atom. The van der Waals surface area contributed by atoms with Gasteiger partial charge in [-0.3, -0.25) is 4.79 Å². The van der Waals surface area contributed by atoms with Gasteiger partial charge in [0, 0.05) is 22.3 Å². The molecule has 3 aromatic carbocycles. The molecule has 4 heterocycles. The van der Waals surface area contributed by atoms with E-state index in [-0.39, 0.29) is 0 Å². The summed E-state index contributed by atoms with van der Waals surface area (Å²) in [6.07, 6.45) is -12.8. The standard InChI is InChI=1S/C36H28O23/c1-2-55-35(53)36(54)19-16-9(5-12(39)22(43)25(16)46)33(51)59-29(28-26(47)18(30(36)48)17(19)34(52)58-28)27-13(40)6-56-31(49)7-3-10(37)20(41)23(44)14(7)15-8(32(50)57-27)4-11(38)21(42)24(15)45/h3-5,13,19,26-29,37-47,54H,2,6H2,1H3. The fourth-order valence-corrected chi connectivity index (χ4v) is 7.44. The highest BCUT2D eigenvalue weighted by molar-refractivity contribution is 6.25. The van der Waals surface area contributed by atoms with Gasteiger partial charge in [0.05, 0.1) is 34.8 Å². The number of rotatable bonds is 3. The Balaban J connectivity index is 1.47. The number of cyclic esters (lactones) is 2. The number of phenols is 9. The lowest BCUT2D eigenvalue weighted by Gasteiger charge is -2.39. The molecule has 0 saturated carbocycles. The van der Waals surface area contributed by atoms with Crippen LogP contribution in [0.15, 0.2) is 29.3 Å². The Labute approximate surface area is 325 Å². The summed E-state index contributed by atoms with van der Waals surface area (Å²) in [6.45, 7) is -0.602. The van der Waals surface area contributed by atoms with Crippen LogP contribution in [0.25, 0.3) is 11.1 Å². The highest BCUT2D eigenvalue weighted by Gasteiger charge is 2.68. The predicted octanol–water partition coefficient (Wildman–Crippen LogP) is -1.46. The summed E-state index contributed by atoms with van der Waals surface area (Å²) < 4.78 is 26.3. The van der Waals surface area contributed by atoms with E-state index < -0.39 is 187 Å². The normalized spacial score (nSPS) is 26.3. The third-order valence-electron chi connectivity index (χ3n) is 10.1. The smallest absolute Gasteiger partial charge is 0.347 e. The highest BCUT2D eigenvalue weighted by atomic mass is 16.6. The Kier molecular flexibility index (Phi) is 9.13. The van der Waals surface area contributed by atoms with Crippen molar-refractivity contribution in [3.05, 3.63) is 51.6 Å². The van der Waals surface area contributed by atoms with Crippen molar-refractivity contribution in [2.24, 2.45) is 0 Å². The number of aromatic hydroxyl groups is 9. The number of ether oxygens (including phenoxy) is 5. The van der Waals surface area contributed by atoms with Crippen LogP contribution in [-0.2, 0) is 38.1 Å². The van der Waals surface area contributed by atoms with Crippen molar-refractivity contribution in [3.8, 4) is 62.9 Å². The SMILES string of the molecule is CCOC(=O)C1(O)C(=O)C2=C3C(=O)OC(C2O)C(C2OC(=O)c4cc(O)c(O)c(O)c4-c4c(cc(O)c(O)c4O)C(=O)OCC2O)OC(=O)c2cc(O)c(O)c(O)c2C31. The quantitative estimate of drug-likeness (QED) is 0.0621. The summed E-state index contributed by atoms with van der Waals surface area (Å²) in [5.41, 5.74) is -12.2. The Hall–Kier alpha value is -7.50. The minimum Gasteiger partial charge on any atom is -0.504 e. The van der Waals surface area contributed by atoms with Crippen LogP contribution in [0.3, 0.4) is 0 Å². The topological polar surface area (TPSA) is 391 Å². The Morgan fingerprint density at radius 1 is 0.644 bits per heavy atom. The fourth-order valence-electron chi connectivity index (χ4n) is 7.44. The predicted molar refractivity (Wildman–Crippen MR) is 180 cm³/mol. The molecule has 0 saturated heterocycles. The minimum atomic E-state index is -3.61. The zero-order chi connectivity index (χ0) is 43.3. The van der Waals surface area contributed by atoms with Gasteiger partial charge in [-0.15, -0.1) is 0 Å². The van der Waals surface area contributed by atoms with Crippen molar-refractivity contribution in [2.75, 3.05) is 13.2 Å². The lowest BCUT2D eigenvalue weighted by molar-refractivity contribution is -0.179. The first-order chi connectivity index (χ1) is 27.7. The van der Waals surface area contributed by atoms with E-state index in [0.29, 0.717) is 18.2 Å². The summed E-state index contributed by atoms with van der Waals surface area (Å²) in [5, 5.41) is 130. The molecule has 4 aliphatic heterocycles. The maximum absolute atomic E-state index is 14.1. The number of carbonyl (C=O) groups excluding carboxylic acids is 6. The molecule has 4 bridgehead atoms. The first kappa shape index (κ1) is 39.7. The summed E-state index contributed by atoms with van der Waals surface area (Å²) in [4.78, 5) is 83.1. The van der Waals surface area contributed by atoms with Gasteiger partial charge in [0.1, 0.15) is 18.8 Å².